The number of rotatable bonds is 2. The van der Waals surface area contributed by atoms with Gasteiger partial charge in [-0.25, -0.2) is 4.99 Å². The van der Waals surface area contributed by atoms with Crippen LogP contribution in [0.5, 0.6) is 5.75 Å². The number of aliphatic imine (C=N–C) groups is 1. The van der Waals surface area contributed by atoms with Gasteiger partial charge in [0.25, 0.3) is 0 Å². The van der Waals surface area contributed by atoms with E-state index in [1.807, 2.05) is 32.0 Å². The Morgan fingerprint density at radius 3 is 2.65 bits per heavy atom. The first-order valence-corrected chi connectivity index (χ1v) is 5.60. The molecular formula is C13H15NO3. The minimum atomic E-state index is -0.350. The Bertz CT molecular complexity index is 467. The monoisotopic (exact) mass is 233 g/mol. The lowest BCUT2D eigenvalue weighted by Gasteiger charge is -2.10. The normalized spacial score (nSPS) is 22.9. The van der Waals surface area contributed by atoms with Gasteiger partial charge in [0.15, 0.2) is 0 Å². The highest BCUT2D eigenvalue weighted by molar-refractivity contribution is 5.98. The molecule has 1 aliphatic rings. The fraction of sp³-hybridized carbons (Fsp3) is 0.385. The fourth-order valence-corrected chi connectivity index (χ4v) is 1.62. The average molecular weight is 233 g/mol. The maximum atomic E-state index is 11.0. The second-order valence-corrected chi connectivity index (χ2v) is 4.09. The third kappa shape index (κ3) is 2.46. The van der Waals surface area contributed by atoms with E-state index in [4.69, 9.17) is 9.47 Å². The van der Waals surface area contributed by atoms with Crippen molar-refractivity contribution in [3.8, 4) is 5.75 Å². The lowest BCUT2D eigenvalue weighted by molar-refractivity contribution is -0.131. The standard InChI is InChI=1S/C13H15NO3/c1-8-9(2)16-13(14-8)11-6-4-5-7-12(11)17-10(3)15/h4-9H,1-3H3. The Morgan fingerprint density at radius 2 is 2.06 bits per heavy atom. The first-order chi connectivity index (χ1) is 8.08. The van der Waals surface area contributed by atoms with Crippen LogP contribution in [0.25, 0.3) is 0 Å². The zero-order valence-electron chi connectivity index (χ0n) is 10.1. The third-order valence-electron chi connectivity index (χ3n) is 2.67. The summed E-state index contributed by atoms with van der Waals surface area (Å²) in [5.74, 6) is 0.680. The van der Waals surface area contributed by atoms with Gasteiger partial charge in [0.05, 0.1) is 11.6 Å². The summed E-state index contributed by atoms with van der Waals surface area (Å²) in [5, 5.41) is 0. The summed E-state index contributed by atoms with van der Waals surface area (Å²) in [6.07, 6.45) is 0.0513. The van der Waals surface area contributed by atoms with E-state index in [9.17, 15) is 4.79 Å². The molecule has 2 unspecified atom stereocenters. The molecular weight excluding hydrogens is 218 g/mol. The number of carbonyl (C=O) groups excluding carboxylic acids is 1. The van der Waals surface area contributed by atoms with Gasteiger partial charge in [-0.05, 0) is 26.0 Å². The molecule has 2 atom stereocenters. The number of benzene rings is 1. The molecule has 1 aromatic rings. The Kier molecular flexibility index (Phi) is 3.13. The SMILES string of the molecule is CC(=O)Oc1ccccc1C1=NC(C)C(C)O1. The number of para-hydroxylation sites is 1. The van der Waals surface area contributed by atoms with Crippen LogP contribution < -0.4 is 4.74 Å². The zero-order chi connectivity index (χ0) is 12.4. The van der Waals surface area contributed by atoms with Crippen LogP contribution in [0, 0.1) is 0 Å². The van der Waals surface area contributed by atoms with E-state index < -0.39 is 0 Å². The van der Waals surface area contributed by atoms with E-state index >= 15 is 0 Å². The summed E-state index contributed by atoms with van der Waals surface area (Å²) >= 11 is 0. The van der Waals surface area contributed by atoms with Crippen LogP contribution in [0.4, 0.5) is 0 Å². The Hall–Kier alpha value is -1.84. The molecule has 0 amide bonds. The van der Waals surface area contributed by atoms with Crippen LogP contribution in [0.2, 0.25) is 0 Å². The van der Waals surface area contributed by atoms with Gasteiger partial charge >= 0.3 is 5.97 Å². The van der Waals surface area contributed by atoms with E-state index in [2.05, 4.69) is 4.99 Å². The topological polar surface area (TPSA) is 47.9 Å². The van der Waals surface area contributed by atoms with Gasteiger partial charge in [-0.3, -0.25) is 4.79 Å². The number of hydrogen-bond donors (Lipinski definition) is 0. The first-order valence-electron chi connectivity index (χ1n) is 5.60. The van der Waals surface area contributed by atoms with Crippen LogP contribution in [0.1, 0.15) is 26.3 Å². The second kappa shape index (κ2) is 4.57. The van der Waals surface area contributed by atoms with Gasteiger partial charge in [0.1, 0.15) is 11.9 Å². The lowest BCUT2D eigenvalue weighted by atomic mass is 10.2. The molecule has 0 saturated heterocycles. The van der Waals surface area contributed by atoms with Gasteiger partial charge < -0.3 is 9.47 Å². The molecule has 4 nitrogen and oxygen atoms in total. The van der Waals surface area contributed by atoms with E-state index in [0.29, 0.717) is 11.6 Å². The van der Waals surface area contributed by atoms with Crippen molar-refractivity contribution >= 4 is 11.9 Å². The van der Waals surface area contributed by atoms with Crippen molar-refractivity contribution in [2.45, 2.75) is 32.9 Å². The Morgan fingerprint density at radius 1 is 1.35 bits per heavy atom. The van der Waals surface area contributed by atoms with E-state index in [1.165, 1.54) is 6.92 Å². The van der Waals surface area contributed by atoms with Gasteiger partial charge in [-0.1, -0.05) is 12.1 Å². The highest BCUT2D eigenvalue weighted by atomic mass is 16.5. The molecule has 2 rings (SSSR count). The molecule has 0 spiro atoms. The molecule has 0 fully saturated rings. The van der Waals surface area contributed by atoms with E-state index in [1.54, 1.807) is 6.07 Å². The molecule has 17 heavy (non-hydrogen) atoms. The Balaban J connectivity index is 2.33. The minimum Gasteiger partial charge on any atom is -0.472 e. The molecule has 90 valence electrons. The molecule has 1 aromatic carbocycles. The quantitative estimate of drug-likeness (QED) is 0.581. The Labute approximate surface area is 100 Å². The van der Waals surface area contributed by atoms with Crippen LogP contribution in [0.3, 0.4) is 0 Å². The van der Waals surface area contributed by atoms with Crippen molar-refractivity contribution in [3.05, 3.63) is 29.8 Å². The van der Waals surface area contributed by atoms with E-state index in [0.717, 1.165) is 5.56 Å². The summed E-state index contributed by atoms with van der Waals surface area (Å²) in [4.78, 5) is 15.4. The van der Waals surface area contributed by atoms with Crippen molar-refractivity contribution in [2.75, 3.05) is 0 Å². The summed E-state index contributed by atoms with van der Waals surface area (Å²) in [5.41, 5.74) is 0.721. The van der Waals surface area contributed by atoms with Crippen LogP contribution in [-0.2, 0) is 9.53 Å². The van der Waals surface area contributed by atoms with Crippen molar-refractivity contribution in [2.24, 2.45) is 4.99 Å². The predicted octanol–water partition coefficient (Wildman–Crippen LogP) is 2.17. The summed E-state index contributed by atoms with van der Waals surface area (Å²) in [7, 11) is 0. The van der Waals surface area contributed by atoms with Gasteiger partial charge in [-0.2, -0.15) is 0 Å². The summed E-state index contributed by atoms with van der Waals surface area (Å²) in [6.45, 7) is 5.33. The van der Waals surface area contributed by atoms with Gasteiger partial charge in [0.2, 0.25) is 5.90 Å². The maximum absolute atomic E-state index is 11.0. The van der Waals surface area contributed by atoms with Crippen LogP contribution >= 0.6 is 0 Å². The van der Waals surface area contributed by atoms with Crippen LogP contribution in [0.15, 0.2) is 29.3 Å². The fourth-order valence-electron chi connectivity index (χ4n) is 1.62. The zero-order valence-corrected chi connectivity index (χ0v) is 10.1. The largest absolute Gasteiger partial charge is 0.472 e. The molecule has 0 saturated carbocycles. The molecule has 0 N–H and O–H groups in total. The number of esters is 1. The summed E-state index contributed by atoms with van der Waals surface area (Å²) < 4.78 is 10.8. The molecule has 0 radical (unpaired) electrons. The number of hydrogen-bond acceptors (Lipinski definition) is 4. The lowest BCUT2D eigenvalue weighted by Crippen LogP contribution is -2.15. The molecule has 0 aliphatic carbocycles. The maximum Gasteiger partial charge on any atom is 0.308 e. The summed E-state index contributed by atoms with van der Waals surface area (Å²) in [6, 6.07) is 7.36. The number of nitrogens with zero attached hydrogens (tertiary/aromatic N) is 1. The average Bonchev–Trinajstić information content (AvgIpc) is 2.59. The number of ether oxygens (including phenoxy) is 2. The van der Waals surface area contributed by atoms with Gasteiger partial charge in [-0.15, -0.1) is 0 Å². The molecule has 1 heterocycles. The second-order valence-electron chi connectivity index (χ2n) is 4.09. The predicted molar refractivity (Wildman–Crippen MR) is 64.3 cm³/mol. The molecule has 4 heteroatoms. The van der Waals surface area contributed by atoms with Gasteiger partial charge in [0, 0.05) is 6.92 Å². The van der Waals surface area contributed by atoms with Crippen molar-refractivity contribution in [3.63, 3.8) is 0 Å². The highest BCUT2D eigenvalue weighted by Crippen LogP contribution is 2.24. The molecule has 0 aromatic heterocycles. The smallest absolute Gasteiger partial charge is 0.308 e. The number of carbonyl (C=O) groups is 1. The van der Waals surface area contributed by atoms with Crippen molar-refractivity contribution < 1.29 is 14.3 Å². The minimum absolute atomic E-state index is 0.0513. The van der Waals surface area contributed by atoms with E-state index in [-0.39, 0.29) is 18.1 Å². The molecule has 1 aliphatic heterocycles. The van der Waals surface area contributed by atoms with Crippen LogP contribution in [-0.4, -0.2) is 24.0 Å². The molecule has 0 bridgehead atoms. The third-order valence-corrected chi connectivity index (χ3v) is 2.67. The first kappa shape index (κ1) is 11.6. The van der Waals surface area contributed by atoms with Crippen molar-refractivity contribution in [1.82, 2.24) is 0 Å². The van der Waals surface area contributed by atoms with Crippen molar-refractivity contribution in [1.29, 1.82) is 0 Å². The highest BCUT2D eigenvalue weighted by Gasteiger charge is 2.26.